The van der Waals surface area contributed by atoms with Crippen LogP contribution in [0.2, 0.25) is 10.0 Å². The van der Waals surface area contributed by atoms with E-state index in [0.29, 0.717) is 46.8 Å². The van der Waals surface area contributed by atoms with Crippen LogP contribution in [0.5, 0.6) is 17.2 Å². The number of carbonyl (C=O) groups excluding carboxylic acids is 1. The molecule has 3 rings (SSSR count). The summed E-state index contributed by atoms with van der Waals surface area (Å²) >= 11 is 12.3. The van der Waals surface area contributed by atoms with Gasteiger partial charge in [0.2, 0.25) is 11.6 Å². The van der Waals surface area contributed by atoms with E-state index in [1.165, 1.54) is 6.07 Å². The number of nitrogens with zero attached hydrogens (tertiary/aromatic N) is 1. The molecule has 0 heterocycles. The van der Waals surface area contributed by atoms with Crippen LogP contribution in [-0.4, -0.2) is 45.4 Å². The Hall–Kier alpha value is -3.80. The maximum absolute atomic E-state index is 13.6. The van der Waals surface area contributed by atoms with Gasteiger partial charge in [0.05, 0.1) is 36.3 Å². The lowest BCUT2D eigenvalue weighted by molar-refractivity contribution is -0.387. The van der Waals surface area contributed by atoms with Crippen molar-refractivity contribution >= 4 is 40.6 Å². The molecule has 0 saturated carbocycles. The maximum Gasteiger partial charge on any atom is 0.319 e. The summed E-state index contributed by atoms with van der Waals surface area (Å²) in [7, 11) is 4.65. The largest absolute Gasteiger partial charge is 0.493 e. The van der Waals surface area contributed by atoms with Crippen molar-refractivity contribution < 1.29 is 28.3 Å². The number of hydrogen-bond acceptors (Lipinski definition) is 7. The highest BCUT2D eigenvalue weighted by Crippen LogP contribution is 2.38. The van der Waals surface area contributed by atoms with E-state index in [9.17, 15) is 19.3 Å². The van der Waals surface area contributed by atoms with E-state index in [-0.39, 0.29) is 18.2 Å². The van der Waals surface area contributed by atoms with E-state index >= 15 is 0 Å². The minimum Gasteiger partial charge on any atom is -0.493 e. The highest BCUT2D eigenvalue weighted by atomic mass is 35.5. The van der Waals surface area contributed by atoms with E-state index in [1.807, 2.05) is 18.2 Å². The molecule has 40 heavy (non-hydrogen) atoms. The predicted molar refractivity (Wildman–Crippen MR) is 152 cm³/mol. The third-order valence-corrected chi connectivity index (χ3v) is 6.79. The number of anilines is 1. The van der Waals surface area contributed by atoms with Crippen molar-refractivity contribution in [2.24, 2.45) is 0 Å². The SMILES string of the molecule is COc1cc(CNCCC(CNC(=O)Nc2ccc(F)c([N+](=O)[O-])c2)c2ccc(Cl)c(Cl)c2)cc(OC)c1OC. The minimum absolute atomic E-state index is 0.0868. The lowest BCUT2D eigenvalue weighted by Crippen LogP contribution is -2.33. The molecule has 1 unspecified atom stereocenters. The Morgan fingerprint density at radius 1 is 1.00 bits per heavy atom. The monoisotopic (exact) mass is 594 g/mol. The second kappa shape index (κ2) is 14.5. The van der Waals surface area contributed by atoms with Gasteiger partial charge in [-0.2, -0.15) is 4.39 Å². The third-order valence-electron chi connectivity index (χ3n) is 6.05. The van der Waals surface area contributed by atoms with Gasteiger partial charge in [-0.25, -0.2) is 4.79 Å². The molecular weight excluding hydrogens is 566 g/mol. The molecule has 0 spiro atoms. The highest BCUT2D eigenvalue weighted by Gasteiger charge is 2.18. The predicted octanol–water partition coefficient (Wildman–Crippen LogP) is 6.15. The smallest absolute Gasteiger partial charge is 0.319 e. The zero-order valence-electron chi connectivity index (χ0n) is 22.1. The van der Waals surface area contributed by atoms with Gasteiger partial charge in [-0.15, -0.1) is 0 Å². The lowest BCUT2D eigenvalue weighted by atomic mass is 9.95. The van der Waals surface area contributed by atoms with Gasteiger partial charge in [-0.3, -0.25) is 10.1 Å². The van der Waals surface area contributed by atoms with Crippen LogP contribution in [0.15, 0.2) is 48.5 Å². The molecule has 0 aliphatic heterocycles. The molecule has 214 valence electrons. The first-order chi connectivity index (χ1) is 19.2. The first kappa shape index (κ1) is 30.7. The Bertz CT molecular complexity index is 1340. The van der Waals surface area contributed by atoms with Gasteiger partial charge in [-0.05, 0) is 60.5 Å². The molecule has 0 radical (unpaired) electrons. The van der Waals surface area contributed by atoms with E-state index in [2.05, 4.69) is 16.0 Å². The topological polar surface area (TPSA) is 124 Å². The number of rotatable bonds is 13. The minimum atomic E-state index is -0.991. The Balaban J connectivity index is 1.65. The fourth-order valence-corrected chi connectivity index (χ4v) is 4.33. The number of benzene rings is 3. The van der Waals surface area contributed by atoms with Crippen LogP contribution in [0.1, 0.15) is 23.5 Å². The van der Waals surface area contributed by atoms with Crippen molar-refractivity contribution in [3.63, 3.8) is 0 Å². The summed E-state index contributed by atoms with van der Waals surface area (Å²) < 4.78 is 29.8. The molecule has 0 aliphatic rings. The van der Waals surface area contributed by atoms with Crippen LogP contribution in [0.25, 0.3) is 0 Å². The molecule has 0 saturated heterocycles. The lowest BCUT2D eigenvalue weighted by Gasteiger charge is -2.20. The summed E-state index contributed by atoms with van der Waals surface area (Å²) in [6.07, 6.45) is 0.616. The molecule has 2 amide bonds. The standard InChI is InChI=1S/C27H29Cl2FN4O6/c1-38-24-10-16(11-25(39-2)26(24)40-3)14-31-9-8-18(17-4-6-20(28)21(29)12-17)15-32-27(35)33-19-5-7-22(30)23(13-19)34(36)37/h4-7,10-13,18,31H,8-9,14-15H2,1-3H3,(H2,32,33,35). The number of carbonyl (C=O) groups is 1. The summed E-state index contributed by atoms with van der Waals surface area (Å²) in [5, 5.41) is 20.4. The van der Waals surface area contributed by atoms with Crippen molar-refractivity contribution in [3.8, 4) is 17.2 Å². The Kier molecular flexibility index (Phi) is 11.2. The first-order valence-electron chi connectivity index (χ1n) is 12.1. The molecule has 1 atom stereocenters. The molecular formula is C27H29Cl2FN4O6. The fourth-order valence-electron chi connectivity index (χ4n) is 4.02. The van der Waals surface area contributed by atoms with Gasteiger partial charge < -0.3 is 30.2 Å². The van der Waals surface area contributed by atoms with Gasteiger partial charge in [0.25, 0.3) is 0 Å². The number of ether oxygens (including phenoxy) is 3. The van der Waals surface area contributed by atoms with Crippen LogP contribution in [0.4, 0.5) is 20.6 Å². The van der Waals surface area contributed by atoms with Gasteiger partial charge in [0.1, 0.15) is 0 Å². The number of hydrogen-bond donors (Lipinski definition) is 3. The first-order valence-corrected chi connectivity index (χ1v) is 12.9. The van der Waals surface area contributed by atoms with Crippen LogP contribution in [0, 0.1) is 15.9 Å². The number of halogens is 3. The number of nitro groups is 1. The Labute approximate surface area is 240 Å². The maximum atomic E-state index is 13.6. The number of amides is 2. The fraction of sp³-hybridized carbons (Fsp3) is 0.296. The van der Waals surface area contributed by atoms with Crippen molar-refractivity contribution in [3.05, 3.63) is 85.6 Å². The molecule has 0 bridgehead atoms. The summed E-state index contributed by atoms with van der Waals surface area (Å²) in [6, 6.07) is 11.5. The molecule has 0 aliphatic carbocycles. The van der Waals surface area contributed by atoms with Crippen molar-refractivity contribution in [2.75, 3.05) is 39.7 Å². The molecule has 3 aromatic carbocycles. The average molecular weight is 595 g/mol. The summed E-state index contributed by atoms with van der Waals surface area (Å²) in [5.41, 5.74) is 1.14. The van der Waals surface area contributed by atoms with Gasteiger partial charge in [0, 0.05) is 30.8 Å². The van der Waals surface area contributed by atoms with E-state index in [1.54, 1.807) is 33.5 Å². The van der Waals surface area contributed by atoms with E-state index in [4.69, 9.17) is 37.4 Å². The molecule has 10 nitrogen and oxygen atoms in total. The van der Waals surface area contributed by atoms with Gasteiger partial charge >= 0.3 is 11.7 Å². The average Bonchev–Trinajstić information content (AvgIpc) is 2.94. The summed E-state index contributed by atoms with van der Waals surface area (Å²) in [4.78, 5) is 22.7. The molecule has 3 N–H and O–H groups in total. The van der Waals surface area contributed by atoms with Crippen LogP contribution in [-0.2, 0) is 6.54 Å². The third kappa shape index (κ3) is 8.10. The number of urea groups is 1. The zero-order chi connectivity index (χ0) is 29.2. The van der Waals surface area contributed by atoms with E-state index < -0.39 is 22.5 Å². The van der Waals surface area contributed by atoms with Crippen LogP contribution in [0.3, 0.4) is 0 Å². The molecule has 0 aromatic heterocycles. The summed E-state index contributed by atoms with van der Waals surface area (Å²) in [5.74, 6) is 0.460. The van der Waals surface area contributed by atoms with E-state index in [0.717, 1.165) is 23.3 Å². The highest BCUT2D eigenvalue weighted by molar-refractivity contribution is 6.42. The molecule has 3 aromatic rings. The van der Waals surface area contributed by atoms with Crippen LogP contribution >= 0.6 is 23.2 Å². The summed E-state index contributed by atoms with van der Waals surface area (Å²) in [6.45, 7) is 1.32. The van der Waals surface area contributed by atoms with Gasteiger partial charge in [-0.1, -0.05) is 29.3 Å². The normalized spacial score (nSPS) is 11.4. The Morgan fingerprint density at radius 3 is 2.30 bits per heavy atom. The number of nitro benzene ring substituents is 1. The quantitative estimate of drug-likeness (QED) is 0.123. The molecule has 13 heteroatoms. The van der Waals surface area contributed by atoms with Crippen molar-refractivity contribution in [2.45, 2.75) is 18.9 Å². The van der Waals surface area contributed by atoms with Gasteiger partial charge in [0.15, 0.2) is 11.5 Å². The zero-order valence-corrected chi connectivity index (χ0v) is 23.6. The number of methoxy groups -OCH3 is 3. The second-order valence-corrected chi connectivity index (χ2v) is 9.44. The van der Waals surface area contributed by atoms with Crippen molar-refractivity contribution in [1.29, 1.82) is 0 Å². The molecule has 0 fully saturated rings. The van der Waals surface area contributed by atoms with Crippen LogP contribution < -0.4 is 30.2 Å². The van der Waals surface area contributed by atoms with Crippen molar-refractivity contribution in [1.82, 2.24) is 10.6 Å². The second-order valence-electron chi connectivity index (χ2n) is 8.63. The Morgan fingerprint density at radius 2 is 1.70 bits per heavy atom. The number of nitrogens with one attached hydrogen (secondary N) is 3.